The first-order chi connectivity index (χ1) is 19.2. The second-order valence-electron chi connectivity index (χ2n) is 12.9. The van der Waals surface area contributed by atoms with Crippen LogP contribution in [-0.2, 0) is 20.9 Å². The fourth-order valence-corrected chi connectivity index (χ4v) is 8.80. The Hall–Kier alpha value is -2.78. The van der Waals surface area contributed by atoms with E-state index in [9.17, 15) is 14.7 Å². The van der Waals surface area contributed by atoms with E-state index < -0.39 is 23.5 Å². The van der Waals surface area contributed by atoms with Gasteiger partial charge in [-0.15, -0.1) is 0 Å². The molecule has 1 unspecified atom stereocenters. The molecule has 4 aliphatic rings. The minimum absolute atomic E-state index is 0.0238. The molecule has 4 atom stereocenters. The van der Waals surface area contributed by atoms with Crippen LogP contribution in [0.15, 0.2) is 24.3 Å². The van der Waals surface area contributed by atoms with Crippen molar-refractivity contribution in [2.24, 2.45) is 35.1 Å². The average molecular weight is 553 g/mol. The molecule has 0 spiro atoms. The Morgan fingerprint density at radius 1 is 0.950 bits per heavy atom. The Balaban J connectivity index is 1.57. The summed E-state index contributed by atoms with van der Waals surface area (Å²) in [6.07, 6.45) is 12.6. The third-order valence-electron chi connectivity index (χ3n) is 10.8. The molecule has 0 aromatic heterocycles. The molecule has 4 fully saturated rings. The van der Waals surface area contributed by atoms with Crippen LogP contribution in [0.25, 0.3) is 0 Å². The molecule has 1 aromatic carbocycles. The van der Waals surface area contributed by atoms with Gasteiger partial charge >= 0.3 is 11.9 Å². The van der Waals surface area contributed by atoms with Gasteiger partial charge in [-0.2, -0.15) is 0 Å². The Morgan fingerprint density at radius 2 is 1.52 bits per heavy atom. The van der Waals surface area contributed by atoms with Crippen molar-refractivity contribution in [1.29, 1.82) is 5.41 Å². The van der Waals surface area contributed by atoms with Gasteiger partial charge in [0.2, 0.25) is 0 Å². The maximum absolute atomic E-state index is 15.2. The number of carboxylic acids is 1. The van der Waals surface area contributed by atoms with Gasteiger partial charge in [-0.25, -0.2) is 9.28 Å². The highest BCUT2D eigenvalue weighted by Gasteiger charge is 2.79. The SMILES string of the molecule is N=C(N)c1ccc(C[N+]2(C(=O)[C@H](NCC(=O)O)C(C3CCCCC3)C3CCCCC3)CC[C@@H]3C[C@@]32C(N)=O)cc1. The number of nitrogen functional groups attached to an aromatic ring is 1. The van der Waals surface area contributed by atoms with Crippen LogP contribution in [0.4, 0.5) is 0 Å². The van der Waals surface area contributed by atoms with Crippen molar-refractivity contribution in [2.45, 2.75) is 95.2 Å². The smallest absolute Gasteiger partial charge is 0.332 e. The van der Waals surface area contributed by atoms with E-state index >= 15 is 4.79 Å². The number of nitrogens with two attached hydrogens (primary N) is 2. The third-order valence-corrected chi connectivity index (χ3v) is 10.8. The molecule has 1 aliphatic heterocycles. The molecule has 1 aromatic rings. The number of benzene rings is 1. The van der Waals surface area contributed by atoms with Gasteiger partial charge in [0.05, 0.1) is 13.1 Å². The highest BCUT2D eigenvalue weighted by Crippen LogP contribution is 2.61. The van der Waals surface area contributed by atoms with Crippen molar-refractivity contribution in [1.82, 2.24) is 5.32 Å². The van der Waals surface area contributed by atoms with E-state index in [2.05, 4.69) is 5.32 Å². The van der Waals surface area contributed by atoms with E-state index in [4.69, 9.17) is 16.9 Å². The number of nitrogens with zero attached hydrogens (tertiary/aromatic N) is 1. The van der Waals surface area contributed by atoms with Gasteiger partial charge in [-0.1, -0.05) is 88.5 Å². The number of rotatable bonds is 11. The van der Waals surface area contributed by atoms with Crippen LogP contribution in [0.5, 0.6) is 0 Å². The maximum Gasteiger partial charge on any atom is 0.332 e. The van der Waals surface area contributed by atoms with Gasteiger partial charge in [-0.05, 0) is 17.8 Å². The van der Waals surface area contributed by atoms with E-state index in [-0.39, 0.29) is 34.6 Å². The van der Waals surface area contributed by atoms with Crippen LogP contribution in [0.2, 0.25) is 0 Å². The lowest BCUT2D eigenvalue weighted by atomic mass is 9.66. The number of carbonyl (C=O) groups excluding carboxylic acids is 2. The van der Waals surface area contributed by atoms with Crippen LogP contribution in [0.3, 0.4) is 0 Å². The van der Waals surface area contributed by atoms with Crippen molar-refractivity contribution in [3.63, 3.8) is 0 Å². The number of quaternary nitrogens is 1. The number of primary amides is 1. The molecule has 40 heavy (non-hydrogen) atoms. The first-order valence-corrected chi connectivity index (χ1v) is 15.3. The summed E-state index contributed by atoms with van der Waals surface area (Å²) in [5, 5.41) is 20.7. The molecule has 2 amide bonds. The normalized spacial score (nSPS) is 29.6. The molecule has 0 bridgehead atoms. The van der Waals surface area contributed by atoms with Crippen LogP contribution in [0, 0.1) is 29.1 Å². The second kappa shape index (κ2) is 11.6. The Bertz CT molecular complexity index is 1110. The van der Waals surface area contributed by atoms with E-state index in [1.807, 2.05) is 12.1 Å². The number of carbonyl (C=O) groups is 3. The maximum atomic E-state index is 15.2. The van der Waals surface area contributed by atoms with Crippen molar-refractivity contribution in [3.05, 3.63) is 35.4 Å². The fourth-order valence-electron chi connectivity index (χ4n) is 8.80. The fraction of sp³-hybridized carbons (Fsp3) is 0.677. The topological polar surface area (TPSA) is 159 Å². The molecular weight excluding hydrogens is 506 g/mol. The van der Waals surface area contributed by atoms with E-state index in [0.717, 1.165) is 63.4 Å². The summed E-state index contributed by atoms with van der Waals surface area (Å²) in [6.45, 7) is 0.560. The number of aliphatic carboxylic acids is 1. The van der Waals surface area contributed by atoms with Gasteiger partial charge in [0.1, 0.15) is 18.4 Å². The molecule has 7 N–H and O–H groups in total. The standard InChI is InChI=1S/C31H45N5O4/c32-28(33)23-13-11-20(12-14-23)19-36(16-15-24-17-31(24,36)30(34)40)29(39)27(35-18-25(37)38)26(21-7-3-1-4-8-21)22-9-5-2-6-10-22/h11-14,21-22,24,26-27,35H,1-10,15-19H2,(H5-,32,33,34,37,38,40)/p+1/t24-,27-,31+,36?/m1/s1. The number of piperidine rings is 1. The van der Waals surface area contributed by atoms with Crippen molar-refractivity contribution >= 4 is 23.6 Å². The van der Waals surface area contributed by atoms with Crippen molar-refractivity contribution in [3.8, 4) is 0 Å². The molecule has 5 rings (SSSR count). The Kier molecular flexibility index (Phi) is 8.34. The molecule has 9 heteroatoms. The number of nitrogens with one attached hydrogen (secondary N) is 2. The summed E-state index contributed by atoms with van der Waals surface area (Å²) in [5.41, 5.74) is 12.3. The number of amides is 2. The van der Waals surface area contributed by atoms with Gasteiger partial charge in [-0.3, -0.25) is 20.3 Å². The molecule has 9 nitrogen and oxygen atoms in total. The molecule has 218 valence electrons. The summed E-state index contributed by atoms with van der Waals surface area (Å²) < 4.78 is -0.0420. The minimum Gasteiger partial charge on any atom is -0.480 e. The van der Waals surface area contributed by atoms with Crippen LogP contribution in [0.1, 0.15) is 88.2 Å². The number of amidine groups is 1. The quantitative estimate of drug-likeness (QED) is 0.161. The zero-order valence-corrected chi connectivity index (χ0v) is 23.6. The van der Waals surface area contributed by atoms with Crippen molar-refractivity contribution < 1.29 is 24.0 Å². The average Bonchev–Trinajstić information content (AvgIpc) is 3.62. The number of likely N-dealkylation sites (tertiary alicyclic amines) is 1. The Labute approximate surface area is 237 Å². The zero-order valence-electron chi connectivity index (χ0n) is 23.6. The van der Waals surface area contributed by atoms with Gasteiger partial charge < -0.3 is 16.6 Å². The molecule has 3 aliphatic carbocycles. The summed E-state index contributed by atoms with van der Waals surface area (Å²) in [6, 6.07) is 6.68. The van der Waals surface area contributed by atoms with Crippen LogP contribution < -0.4 is 16.8 Å². The van der Waals surface area contributed by atoms with E-state index in [1.165, 1.54) is 12.8 Å². The van der Waals surface area contributed by atoms with E-state index in [0.29, 0.717) is 36.9 Å². The lowest BCUT2D eigenvalue weighted by Gasteiger charge is -2.46. The van der Waals surface area contributed by atoms with Gasteiger partial charge in [0, 0.05) is 29.9 Å². The first-order valence-electron chi connectivity index (χ1n) is 15.3. The van der Waals surface area contributed by atoms with Gasteiger partial charge in [0.25, 0.3) is 5.91 Å². The van der Waals surface area contributed by atoms with Crippen LogP contribution in [-0.4, -0.2) is 57.9 Å². The first kappa shape index (κ1) is 28.7. The molecule has 1 heterocycles. The highest BCUT2D eigenvalue weighted by molar-refractivity contribution is 5.95. The number of hydrogen-bond donors (Lipinski definition) is 5. The Morgan fingerprint density at radius 3 is 2.00 bits per heavy atom. The predicted molar refractivity (Wildman–Crippen MR) is 152 cm³/mol. The largest absolute Gasteiger partial charge is 0.480 e. The third kappa shape index (κ3) is 5.18. The summed E-state index contributed by atoms with van der Waals surface area (Å²) >= 11 is 0. The van der Waals surface area contributed by atoms with Crippen molar-refractivity contribution in [2.75, 3.05) is 13.1 Å². The van der Waals surface area contributed by atoms with E-state index in [1.54, 1.807) is 12.1 Å². The number of hydrogen-bond acceptors (Lipinski definition) is 5. The number of fused-ring (bicyclic) bond motifs is 1. The summed E-state index contributed by atoms with van der Waals surface area (Å²) in [5.74, 6) is -0.633. The summed E-state index contributed by atoms with van der Waals surface area (Å²) in [4.78, 5) is 40.2. The molecule has 1 saturated heterocycles. The number of carboxylic acid groups (broad SMARTS) is 1. The zero-order chi connectivity index (χ0) is 28.5. The molecular formula is C31H46N5O4+. The highest BCUT2D eigenvalue weighted by atomic mass is 16.4. The van der Waals surface area contributed by atoms with Crippen LogP contribution >= 0.6 is 0 Å². The minimum atomic E-state index is -0.981. The second-order valence-corrected chi connectivity index (χ2v) is 12.9. The summed E-state index contributed by atoms with van der Waals surface area (Å²) in [7, 11) is 0. The van der Waals surface area contributed by atoms with Gasteiger partial charge in [0.15, 0.2) is 5.54 Å². The lowest BCUT2D eigenvalue weighted by molar-refractivity contribution is -0.886. The molecule has 0 radical (unpaired) electrons. The molecule has 3 saturated carbocycles. The monoisotopic (exact) mass is 552 g/mol. The predicted octanol–water partition coefficient (Wildman–Crippen LogP) is 3.28. The lowest BCUT2D eigenvalue weighted by Crippen LogP contribution is -2.69.